The van der Waals surface area contributed by atoms with Crippen LogP contribution < -0.4 is 0 Å². The molecule has 0 amide bonds. The Morgan fingerprint density at radius 3 is 2.86 bits per heavy atom. The topological polar surface area (TPSA) is 0 Å². The molecule has 3 atom stereocenters. The van der Waals surface area contributed by atoms with E-state index in [0.29, 0.717) is 0 Å². The molecule has 0 aromatic rings. The summed E-state index contributed by atoms with van der Waals surface area (Å²) >= 11 is 0. The van der Waals surface area contributed by atoms with Crippen molar-refractivity contribution in [1.82, 2.24) is 0 Å². The van der Waals surface area contributed by atoms with Crippen molar-refractivity contribution in [2.24, 2.45) is 17.8 Å². The average Bonchev–Trinajstić information content (AvgIpc) is 2.19. The van der Waals surface area contributed by atoms with Gasteiger partial charge < -0.3 is 0 Å². The van der Waals surface area contributed by atoms with Crippen LogP contribution in [0.3, 0.4) is 0 Å². The number of rotatable bonds is 5. The van der Waals surface area contributed by atoms with Gasteiger partial charge in [-0.2, -0.15) is 0 Å². The summed E-state index contributed by atoms with van der Waals surface area (Å²) in [7, 11) is 0. The van der Waals surface area contributed by atoms with Crippen LogP contribution in [0.5, 0.6) is 0 Å². The van der Waals surface area contributed by atoms with E-state index in [2.05, 4.69) is 32.9 Å². The summed E-state index contributed by atoms with van der Waals surface area (Å²) in [6, 6.07) is 0. The van der Waals surface area contributed by atoms with E-state index in [1.165, 1.54) is 38.5 Å². The molecule has 14 heavy (non-hydrogen) atoms. The van der Waals surface area contributed by atoms with Gasteiger partial charge in [0.15, 0.2) is 0 Å². The molecular formula is C14H25. The summed E-state index contributed by atoms with van der Waals surface area (Å²) in [5, 5.41) is 0. The van der Waals surface area contributed by atoms with Gasteiger partial charge in [0.1, 0.15) is 0 Å². The third-order valence-corrected chi connectivity index (χ3v) is 3.67. The molecule has 1 rings (SSSR count). The fourth-order valence-electron chi connectivity index (χ4n) is 2.82. The van der Waals surface area contributed by atoms with Crippen LogP contribution in [-0.2, 0) is 0 Å². The first-order valence-electron chi connectivity index (χ1n) is 6.22. The Kier molecular flexibility index (Phi) is 5.29. The lowest BCUT2D eigenvalue weighted by molar-refractivity contribution is 0.220. The van der Waals surface area contributed by atoms with Crippen molar-refractivity contribution in [1.29, 1.82) is 0 Å². The molecule has 0 spiro atoms. The summed E-state index contributed by atoms with van der Waals surface area (Å²) in [4.78, 5) is 0. The third kappa shape index (κ3) is 3.48. The molecule has 0 heterocycles. The molecular weight excluding hydrogens is 168 g/mol. The van der Waals surface area contributed by atoms with E-state index in [1.807, 2.05) is 0 Å². The highest BCUT2D eigenvalue weighted by molar-refractivity contribution is 4.85. The second-order valence-corrected chi connectivity index (χ2v) is 4.82. The molecule has 1 aliphatic carbocycles. The SMILES string of the molecule is C=CCC1CCCC(C(C)[CH]CC)C1. The standard InChI is InChI=1S/C14H25/c1-4-7-12(3)14-10-6-9-13(11-14)8-5-2/h5,7,12-14H,2,4,6,8-11H2,1,3H3. The summed E-state index contributed by atoms with van der Waals surface area (Å²) in [6.07, 6.45) is 12.8. The Balaban J connectivity index is 2.34. The number of hydrogen-bond acceptors (Lipinski definition) is 0. The van der Waals surface area contributed by atoms with Crippen LogP contribution in [-0.4, -0.2) is 0 Å². The van der Waals surface area contributed by atoms with Gasteiger partial charge in [-0.3, -0.25) is 0 Å². The van der Waals surface area contributed by atoms with E-state index in [9.17, 15) is 0 Å². The van der Waals surface area contributed by atoms with Gasteiger partial charge >= 0.3 is 0 Å². The van der Waals surface area contributed by atoms with Crippen molar-refractivity contribution >= 4 is 0 Å². The quantitative estimate of drug-likeness (QED) is 0.559. The van der Waals surface area contributed by atoms with Crippen LogP contribution in [0, 0.1) is 24.2 Å². The minimum Gasteiger partial charge on any atom is -0.103 e. The second-order valence-electron chi connectivity index (χ2n) is 4.82. The number of allylic oxidation sites excluding steroid dienone is 1. The lowest BCUT2D eigenvalue weighted by atomic mass is 9.73. The van der Waals surface area contributed by atoms with Crippen LogP contribution in [0.4, 0.5) is 0 Å². The molecule has 1 aliphatic rings. The van der Waals surface area contributed by atoms with Crippen molar-refractivity contribution in [2.45, 2.75) is 52.4 Å². The van der Waals surface area contributed by atoms with Gasteiger partial charge in [0, 0.05) is 0 Å². The minimum absolute atomic E-state index is 0.826. The maximum absolute atomic E-state index is 3.85. The van der Waals surface area contributed by atoms with Crippen molar-refractivity contribution in [2.75, 3.05) is 0 Å². The zero-order valence-electron chi connectivity index (χ0n) is 9.84. The van der Waals surface area contributed by atoms with Gasteiger partial charge in [-0.15, -0.1) is 6.58 Å². The zero-order valence-corrected chi connectivity index (χ0v) is 9.84. The maximum atomic E-state index is 3.85. The fourth-order valence-corrected chi connectivity index (χ4v) is 2.82. The summed E-state index contributed by atoms with van der Waals surface area (Å²) in [5.41, 5.74) is 0. The zero-order chi connectivity index (χ0) is 10.4. The van der Waals surface area contributed by atoms with Crippen LogP contribution in [0.1, 0.15) is 52.4 Å². The van der Waals surface area contributed by atoms with Crippen LogP contribution in [0.15, 0.2) is 12.7 Å². The lowest BCUT2D eigenvalue weighted by Crippen LogP contribution is -2.21. The molecule has 0 saturated heterocycles. The predicted octanol–water partition coefficient (Wildman–Crippen LogP) is 4.62. The van der Waals surface area contributed by atoms with Gasteiger partial charge in [0.25, 0.3) is 0 Å². The van der Waals surface area contributed by atoms with Gasteiger partial charge in [-0.25, -0.2) is 0 Å². The van der Waals surface area contributed by atoms with Crippen molar-refractivity contribution < 1.29 is 0 Å². The first kappa shape index (κ1) is 11.8. The maximum Gasteiger partial charge on any atom is -0.0325 e. The Morgan fingerprint density at radius 2 is 2.21 bits per heavy atom. The molecule has 1 saturated carbocycles. The first-order valence-corrected chi connectivity index (χ1v) is 6.22. The summed E-state index contributed by atoms with van der Waals surface area (Å²) in [5.74, 6) is 2.71. The lowest BCUT2D eigenvalue weighted by Gasteiger charge is -2.32. The molecule has 1 radical (unpaired) electrons. The van der Waals surface area contributed by atoms with E-state index in [-0.39, 0.29) is 0 Å². The Bertz CT molecular complexity index is 159. The highest BCUT2D eigenvalue weighted by Gasteiger charge is 2.24. The molecule has 0 heteroatoms. The van der Waals surface area contributed by atoms with Gasteiger partial charge in [0.05, 0.1) is 0 Å². The molecule has 0 bridgehead atoms. The average molecular weight is 193 g/mol. The highest BCUT2D eigenvalue weighted by atomic mass is 14.3. The molecule has 0 aromatic carbocycles. The molecule has 0 nitrogen and oxygen atoms in total. The fraction of sp³-hybridized carbons (Fsp3) is 0.786. The Morgan fingerprint density at radius 1 is 1.43 bits per heavy atom. The van der Waals surface area contributed by atoms with Crippen molar-refractivity contribution in [3.8, 4) is 0 Å². The van der Waals surface area contributed by atoms with Gasteiger partial charge in [-0.1, -0.05) is 45.6 Å². The molecule has 81 valence electrons. The van der Waals surface area contributed by atoms with E-state index in [0.717, 1.165) is 17.8 Å². The molecule has 1 fully saturated rings. The minimum atomic E-state index is 0.826. The van der Waals surface area contributed by atoms with Crippen LogP contribution in [0.25, 0.3) is 0 Å². The van der Waals surface area contributed by atoms with E-state index in [1.54, 1.807) is 0 Å². The van der Waals surface area contributed by atoms with Crippen LogP contribution >= 0.6 is 0 Å². The highest BCUT2D eigenvalue weighted by Crippen LogP contribution is 2.36. The van der Waals surface area contributed by atoms with Gasteiger partial charge in [-0.05, 0) is 37.0 Å². The van der Waals surface area contributed by atoms with E-state index < -0.39 is 0 Å². The molecule has 0 N–H and O–H groups in total. The molecule has 0 aliphatic heterocycles. The van der Waals surface area contributed by atoms with Crippen molar-refractivity contribution in [3.63, 3.8) is 0 Å². The second kappa shape index (κ2) is 6.27. The normalized spacial score (nSPS) is 29.9. The largest absolute Gasteiger partial charge is 0.103 e. The van der Waals surface area contributed by atoms with Crippen molar-refractivity contribution in [3.05, 3.63) is 19.1 Å². The monoisotopic (exact) mass is 193 g/mol. The van der Waals surface area contributed by atoms with E-state index >= 15 is 0 Å². The van der Waals surface area contributed by atoms with E-state index in [4.69, 9.17) is 0 Å². The Hall–Kier alpha value is -0.260. The van der Waals surface area contributed by atoms with Gasteiger partial charge in [0.2, 0.25) is 0 Å². The summed E-state index contributed by atoms with van der Waals surface area (Å²) < 4.78 is 0. The predicted molar refractivity (Wildman–Crippen MR) is 64.0 cm³/mol. The third-order valence-electron chi connectivity index (χ3n) is 3.67. The van der Waals surface area contributed by atoms with Crippen LogP contribution in [0.2, 0.25) is 0 Å². The Labute approximate surface area is 89.8 Å². The summed E-state index contributed by atoms with van der Waals surface area (Å²) in [6.45, 7) is 8.50. The number of hydrogen-bond donors (Lipinski definition) is 0. The molecule has 0 aromatic heterocycles. The smallest absolute Gasteiger partial charge is 0.0325 e. The molecule has 3 unspecified atom stereocenters. The first-order chi connectivity index (χ1) is 6.77.